The van der Waals surface area contributed by atoms with Crippen molar-refractivity contribution < 1.29 is 9.53 Å². The van der Waals surface area contributed by atoms with E-state index in [1.165, 1.54) is 23.6 Å². The van der Waals surface area contributed by atoms with Crippen LogP contribution in [0.15, 0.2) is 30.9 Å². The van der Waals surface area contributed by atoms with Gasteiger partial charge in [-0.1, -0.05) is 30.3 Å². The quantitative estimate of drug-likeness (QED) is 0.385. The number of likely N-dealkylation sites (tertiary alicyclic amines) is 1. The van der Waals surface area contributed by atoms with Crippen LogP contribution in [0.2, 0.25) is 5.02 Å². The number of carbonyl (C=O) groups excluding carboxylic acids is 1. The zero-order valence-corrected chi connectivity index (χ0v) is 24.7. The highest BCUT2D eigenvalue weighted by Gasteiger charge is 2.48. The molecule has 3 aliphatic heterocycles. The van der Waals surface area contributed by atoms with Gasteiger partial charge < -0.3 is 24.3 Å². The maximum absolute atomic E-state index is 12.6. The number of hydrogen-bond donors (Lipinski definition) is 0. The van der Waals surface area contributed by atoms with Crippen molar-refractivity contribution in [2.45, 2.75) is 56.3 Å². The van der Waals surface area contributed by atoms with Crippen molar-refractivity contribution in [2.24, 2.45) is 0 Å². The molecule has 9 nitrogen and oxygen atoms in total. The maximum atomic E-state index is 12.6. The third-order valence-corrected chi connectivity index (χ3v) is 9.94. The van der Waals surface area contributed by atoms with Gasteiger partial charge in [-0.25, -0.2) is 6.57 Å². The Morgan fingerprint density at radius 3 is 2.88 bits per heavy atom. The standard InChI is InChI=1S/C31H38ClN7O2/c1-5-27(40)39-15-14-38(18-23(39)17-33-2)29-24-19-37(4)31(12-11-21-8-6-10-25(32)28(21)31)16-26(24)34-30(35-29)41-20-22-9-7-13-36(22)3/h5-6,8,10,22-23H,1,7,9,11-20H2,3-4H3/t22-,23-,31?/m0/s1. The molecule has 10 heteroatoms. The highest BCUT2D eigenvalue weighted by Crippen LogP contribution is 2.50. The van der Waals surface area contributed by atoms with Crippen LogP contribution in [0.25, 0.3) is 4.85 Å². The molecule has 4 aliphatic rings. The van der Waals surface area contributed by atoms with Crippen molar-refractivity contribution in [3.63, 3.8) is 0 Å². The molecule has 3 atom stereocenters. The molecule has 1 spiro atoms. The number of rotatable bonds is 6. The van der Waals surface area contributed by atoms with Crippen molar-refractivity contribution in [3.8, 4) is 6.01 Å². The van der Waals surface area contributed by atoms with Crippen LogP contribution in [0, 0.1) is 6.57 Å². The molecule has 0 radical (unpaired) electrons. The fourth-order valence-corrected chi connectivity index (χ4v) is 7.70. The molecule has 1 aromatic carbocycles. The highest BCUT2D eigenvalue weighted by molar-refractivity contribution is 6.31. The lowest BCUT2D eigenvalue weighted by Crippen LogP contribution is -2.56. The van der Waals surface area contributed by atoms with Gasteiger partial charge in [-0.2, -0.15) is 9.97 Å². The van der Waals surface area contributed by atoms with Gasteiger partial charge in [-0.3, -0.25) is 9.69 Å². The monoisotopic (exact) mass is 575 g/mol. The second kappa shape index (κ2) is 11.2. The van der Waals surface area contributed by atoms with Crippen LogP contribution in [0.4, 0.5) is 5.82 Å². The number of piperazine rings is 1. The average molecular weight is 576 g/mol. The third-order valence-electron chi connectivity index (χ3n) is 9.63. The number of ether oxygens (including phenoxy) is 1. The minimum atomic E-state index is -0.234. The van der Waals surface area contributed by atoms with Crippen LogP contribution in [0.3, 0.4) is 0 Å². The predicted molar refractivity (Wildman–Crippen MR) is 159 cm³/mol. The van der Waals surface area contributed by atoms with E-state index in [1.54, 1.807) is 4.90 Å². The molecule has 0 bridgehead atoms. The van der Waals surface area contributed by atoms with Gasteiger partial charge >= 0.3 is 6.01 Å². The van der Waals surface area contributed by atoms with E-state index in [-0.39, 0.29) is 24.0 Å². The summed E-state index contributed by atoms with van der Waals surface area (Å²) in [7, 11) is 4.32. The van der Waals surface area contributed by atoms with Crippen LogP contribution in [0.1, 0.15) is 41.6 Å². The molecule has 6 rings (SSSR count). The van der Waals surface area contributed by atoms with Gasteiger partial charge in [0.2, 0.25) is 12.5 Å². The van der Waals surface area contributed by atoms with E-state index in [1.807, 2.05) is 12.1 Å². The average Bonchev–Trinajstić information content (AvgIpc) is 3.56. The molecule has 1 aliphatic carbocycles. The maximum Gasteiger partial charge on any atom is 0.318 e. The number of anilines is 1. The molecule has 0 saturated carbocycles. The van der Waals surface area contributed by atoms with Crippen LogP contribution in [-0.4, -0.2) is 96.1 Å². The Morgan fingerprint density at radius 2 is 2.12 bits per heavy atom. The first kappa shape index (κ1) is 28.0. The lowest BCUT2D eigenvalue weighted by molar-refractivity contribution is -0.128. The van der Waals surface area contributed by atoms with Gasteiger partial charge in [0, 0.05) is 49.2 Å². The fraction of sp³-hybridized carbons (Fsp3) is 0.548. The van der Waals surface area contributed by atoms with Crippen molar-refractivity contribution in [3.05, 3.63) is 69.7 Å². The molecular formula is C31H38ClN7O2. The van der Waals surface area contributed by atoms with Crippen LogP contribution >= 0.6 is 11.6 Å². The fourth-order valence-electron chi connectivity index (χ4n) is 7.33. The number of nitrogens with zero attached hydrogens (tertiary/aromatic N) is 7. The second-order valence-corrected chi connectivity index (χ2v) is 12.3. The summed E-state index contributed by atoms with van der Waals surface area (Å²) < 4.78 is 6.32. The summed E-state index contributed by atoms with van der Waals surface area (Å²) in [6, 6.07) is 6.76. The lowest BCUT2D eigenvalue weighted by Gasteiger charge is -2.46. The number of aryl methyl sites for hydroxylation is 1. The van der Waals surface area contributed by atoms with Gasteiger partial charge in [0.15, 0.2) is 0 Å². The van der Waals surface area contributed by atoms with E-state index in [2.05, 4.69) is 46.3 Å². The number of aromatic nitrogens is 2. The summed E-state index contributed by atoms with van der Waals surface area (Å²) in [5.74, 6) is 0.718. The van der Waals surface area contributed by atoms with Crippen molar-refractivity contribution in [1.29, 1.82) is 0 Å². The largest absolute Gasteiger partial charge is 0.462 e. The number of carbonyl (C=O) groups is 1. The predicted octanol–water partition coefficient (Wildman–Crippen LogP) is 3.56. The molecule has 2 fully saturated rings. The number of amides is 1. The molecule has 41 heavy (non-hydrogen) atoms. The summed E-state index contributed by atoms with van der Waals surface area (Å²) in [5, 5.41) is 0.815. The molecule has 1 amide bonds. The molecule has 0 N–H and O–H groups in total. The van der Waals surface area contributed by atoms with E-state index >= 15 is 0 Å². The Hall–Kier alpha value is -3.19. The number of benzene rings is 1. The first-order valence-electron chi connectivity index (χ1n) is 14.6. The Morgan fingerprint density at radius 1 is 1.27 bits per heavy atom. The second-order valence-electron chi connectivity index (χ2n) is 11.9. The van der Waals surface area contributed by atoms with Crippen molar-refractivity contribution in [1.82, 2.24) is 24.7 Å². The molecule has 2 saturated heterocycles. The Bertz CT molecular complexity index is 1390. The first-order valence-corrected chi connectivity index (χ1v) is 15.0. The number of likely N-dealkylation sites (N-methyl/N-ethyl adjacent to an activating group) is 2. The van der Waals surface area contributed by atoms with E-state index in [4.69, 9.17) is 32.9 Å². The number of hydrogen-bond acceptors (Lipinski definition) is 7. The Balaban J connectivity index is 1.37. The SMILES string of the molecule is [C-]#[N+]C[C@H]1CN(c2nc(OC[C@@H]3CCCN3C)nc3c2CN(C)C2(CCc4cccc(Cl)c42)C3)CCN1C(=O)C=C. The Kier molecular flexibility index (Phi) is 7.66. The van der Waals surface area contributed by atoms with Gasteiger partial charge in [-0.15, -0.1) is 0 Å². The smallest absolute Gasteiger partial charge is 0.318 e. The molecule has 1 aromatic heterocycles. The van der Waals surface area contributed by atoms with E-state index in [0.717, 1.165) is 54.3 Å². The zero-order chi connectivity index (χ0) is 28.7. The molecular weight excluding hydrogens is 538 g/mol. The summed E-state index contributed by atoms with van der Waals surface area (Å²) in [5.41, 5.74) is 4.40. The Labute approximate surface area is 247 Å². The number of halogens is 1. The normalized spacial score (nSPS) is 26.1. The van der Waals surface area contributed by atoms with Crippen LogP contribution in [-0.2, 0) is 29.7 Å². The van der Waals surface area contributed by atoms with Crippen LogP contribution in [0.5, 0.6) is 6.01 Å². The van der Waals surface area contributed by atoms with Crippen LogP contribution < -0.4 is 9.64 Å². The molecule has 2 aromatic rings. The van der Waals surface area contributed by atoms with Crippen molar-refractivity contribution in [2.75, 3.05) is 58.3 Å². The van der Waals surface area contributed by atoms with E-state index in [0.29, 0.717) is 44.8 Å². The van der Waals surface area contributed by atoms with Gasteiger partial charge in [-0.05, 0) is 69.6 Å². The molecule has 216 valence electrons. The topological polar surface area (TPSA) is 69.4 Å². The molecule has 4 heterocycles. The van der Waals surface area contributed by atoms with E-state index in [9.17, 15) is 4.79 Å². The van der Waals surface area contributed by atoms with Gasteiger partial charge in [0.1, 0.15) is 18.5 Å². The summed E-state index contributed by atoms with van der Waals surface area (Å²) in [4.78, 5) is 35.0. The summed E-state index contributed by atoms with van der Waals surface area (Å²) in [6.45, 7) is 15.4. The molecule has 1 unspecified atom stereocenters. The first-order chi connectivity index (χ1) is 19.8. The minimum absolute atomic E-state index is 0.133. The third kappa shape index (κ3) is 4.96. The summed E-state index contributed by atoms with van der Waals surface area (Å²) >= 11 is 6.84. The number of fused-ring (bicyclic) bond motifs is 3. The van der Waals surface area contributed by atoms with E-state index < -0.39 is 0 Å². The lowest BCUT2D eigenvalue weighted by atomic mass is 9.81. The zero-order valence-electron chi connectivity index (χ0n) is 24.0. The minimum Gasteiger partial charge on any atom is -0.462 e. The van der Waals surface area contributed by atoms with Crippen molar-refractivity contribution >= 4 is 23.3 Å². The van der Waals surface area contributed by atoms with Gasteiger partial charge in [0.25, 0.3) is 0 Å². The highest BCUT2D eigenvalue weighted by atomic mass is 35.5. The summed E-state index contributed by atoms with van der Waals surface area (Å²) in [6.07, 6.45) is 6.32. The van der Waals surface area contributed by atoms with Gasteiger partial charge in [0.05, 0.1) is 11.2 Å².